The highest BCUT2D eigenvalue weighted by Crippen LogP contribution is 2.23. The monoisotopic (exact) mass is 379 g/mol. The number of nitrogens with zero attached hydrogens (tertiary/aromatic N) is 1. The van der Waals surface area contributed by atoms with E-state index in [0.29, 0.717) is 41.7 Å². The van der Waals surface area contributed by atoms with Gasteiger partial charge >= 0.3 is 12.0 Å². The Labute approximate surface area is 157 Å². The predicted octanol–water partition coefficient (Wildman–Crippen LogP) is 2.17. The molecule has 140 valence electrons. The van der Waals surface area contributed by atoms with Crippen molar-refractivity contribution >= 4 is 29.3 Å². The molecule has 0 saturated carbocycles. The summed E-state index contributed by atoms with van der Waals surface area (Å²) in [7, 11) is 0. The number of morpholine rings is 1. The molecular formula is C18H22ClN3O4. The number of urea groups is 1. The minimum Gasteiger partial charge on any atom is -0.456 e. The van der Waals surface area contributed by atoms with Crippen LogP contribution >= 0.6 is 11.6 Å². The number of carbonyl (C=O) groups excluding carboxylic acids is 2. The second-order valence-corrected chi connectivity index (χ2v) is 6.58. The van der Waals surface area contributed by atoms with E-state index in [4.69, 9.17) is 21.1 Å². The number of amides is 2. The second kappa shape index (κ2) is 8.53. The van der Waals surface area contributed by atoms with Crippen LogP contribution in [-0.2, 0) is 20.7 Å². The maximum Gasteiger partial charge on any atom is 0.337 e. The Morgan fingerprint density at radius 3 is 2.73 bits per heavy atom. The van der Waals surface area contributed by atoms with Gasteiger partial charge in [0, 0.05) is 19.6 Å². The smallest absolute Gasteiger partial charge is 0.337 e. The lowest BCUT2D eigenvalue weighted by Crippen LogP contribution is -2.39. The highest BCUT2D eigenvalue weighted by Gasteiger charge is 2.28. The number of halogens is 1. The zero-order chi connectivity index (χ0) is 18.5. The first-order valence-corrected chi connectivity index (χ1v) is 9.00. The van der Waals surface area contributed by atoms with Gasteiger partial charge in [-0.25, -0.2) is 9.59 Å². The van der Waals surface area contributed by atoms with Gasteiger partial charge in [-0.05, 0) is 24.1 Å². The average Bonchev–Trinajstić information content (AvgIpc) is 2.97. The minimum atomic E-state index is -0.455. The minimum absolute atomic E-state index is 0.0639. The summed E-state index contributed by atoms with van der Waals surface area (Å²) in [6.07, 6.45) is 0.865. The molecule has 8 heteroatoms. The molecule has 0 aromatic heterocycles. The zero-order valence-corrected chi connectivity index (χ0v) is 15.4. The fraction of sp³-hybridized carbons (Fsp3) is 0.444. The number of cyclic esters (lactones) is 1. The third-order valence-corrected chi connectivity index (χ3v) is 4.71. The summed E-state index contributed by atoms with van der Waals surface area (Å²) in [6.45, 7) is 5.30. The molecule has 2 aliphatic heterocycles. The van der Waals surface area contributed by atoms with Crippen LogP contribution in [0.15, 0.2) is 29.5 Å². The molecule has 0 bridgehead atoms. The predicted molar refractivity (Wildman–Crippen MR) is 98.2 cm³/mol. The second-order valence-electron chi connectivity index (χ2n) is 6.17. The summed E-state index contributed by atoms with van der Waals surface area (Å²) in [5, 5.41) is 5.90. The van der Waals surface area contributed by atoms with Crippen LogP contribution in [0, 0.1) is 0 Å². The van der Waals surface area contributed by atoms with E-state index in [1.54, 1.807) is 6.07 Å². The van der Waals surface area contributed by atoms with Crippen molar-refractivity contribution in [3.8, 4) is 0 Å². The molecule has 2 N–H and O–H groups in total. The Morgan fingerprint density at radius 1 is 1.27 bits per heavy atom. The van der Waals surface area contributed by atoms with Crippen LogP contribution in [-0.4, -0.2) is 56.4 Å². The lowest BCUT2D eigenvalue weighted by molar-refractivity contribution is -0.136. The molecule has 26 heavy (non-hydrogen) atoms. The molecule has 1 saturated heterocycles. The largest absolute Gasteiger partial charge is 0.456 e. The standard InChI is InChI=1S/C18H22ClN3O4/c1-2-12-3-4-15(14(19)9-12)20-18(24)21-16-11-26-17(23)13(16)10-22-5-7-25-8-6-22/h3-4,9H,2,5-8,10-11H2,1H3,(H2,20,21,24). The normalized spacial score (nSPS) is 18.0. The molecule has 0 atom stereocenters. The van der Waals surface area contributed by atoms with Gasteiger partial charge in [-0.1, -0.05) is 24.6 Å². The number of anilines is 1. The fourth-order valence-corrected chi connectivity index (χ4v) is 3.11. The highest BCUT2D eigenvalue weighted by atomic mass is 35.5. The van der Waals surface area contributed by atoms with E-state index in [-0.39, 0.29) is 6.61 Å². The lowest BCUT2D eigenvalue weighted by Gasteiger charge is -2.26. The third kappa shape index (κ3) is 4.55. The fourth-order valence-electron chi connectivity index (χ4n) is 2.86. The Kier molecular flexibility index (Phi) is 6.13. The van der Waals surface area contributed by atoms with Gasteiger partial charge in [-0.3, -0.25) is 4.90 Å². The topological polar surface area (TPSA) is 79.9 Å². The number of aryl methyl sites for hydroxylation is 1. The van der Waals surface area contributed by atoms with E-state index in [1.165, 1.54) is 0 Å². The maximum atomic E-state index is 12.3. The summed E-state index contributed by atoms with van der Waals surface area (Å²) in [5.74, 6) is -0.392. The summed E-state index contributed by atoms with van der Waals surface area (Å²) < 4.78 is 10.4. The Bertz CT molecular complexity index is 729. The number of nitrogens with one attached hydrogen (secondary N) is 2. The molecule has 0 unspecified atom stereocenters. The van der Waals surface area contributed by atoms with Crippen LogP contribution < -0.4 is 10.6 Å². The van der Waals surface area contributed by atoms with Crippen molar-refractivity contribution < 1.29 is 19.1 Å². The molecule has 2 amide bonds. The van der Waals surface area contributed by atoms with Crippen LogP contribution in [0.5, 0.6) is 0 Å². The molecule has 1 aromatic rings. The van der Waals surface area contributed by atoms with Gasteiger partial charge in [0.1, 0.15) is 6.61 Å². The average molecular weight is 380 g/mol. The van der Waals surface area contributed by atoms with Gasteiger partial charge < -0.3 is 20.1 Å². The van der Waals surface area contributed by atoms with Crippen LogP contribution in [0.3, 0.4) is 0 Å². The van der Waals surface area contributed by atoms with Crippen molar-refractivity contribution in [2.75, 3.05) is 44.8 Å². The van der Waals surface area contributed by atoms with Gasteiger partial charge in [0.25, 0.3) is 0 Å². The molecule has 1 aromatic carbocycles. The van der Waals surface area contributed by atoms with Gasteiger partial charge in [-0.2, -0.15) is 0 Å². The number of esters is 1. The molecule has 3 rings (SSSR count). The summed E-state index contributed by atoms with van der Waals surface area (Å²) in [6, 6.07) is 5.04. The SMILES string of the molecule is CCc1ccc(NC(=O)NC2=C(CN3CCOCC3)C(=O)OC2)c(Cl)c1. The molecule has 0 radical (unpaired) electrons. The van der Waals surface area contributed by atoms with Gasteiger partial charge in [0.05, 0.1) is 35.2 Å². The molecule has 0 spiro atoms. The number of rotatable bonds is 5. The molecular weight excluding hydrogens is 358 g/mol. The number of ether oxygens (including phenoxy) is 2. The van der Waals surface area contributed by atoms with E-state index in [9.17, 15) is 9.59 Å². The van der Waals surface area contributed by atoms with Crippen molar-refractivity contribution in [1.82, 2.24) is 10.2 Å². The van der Waals surface area contributed by atoms with Crippen LogP contribution in [0.4, 0.5) is 10.5 Å². The number of hydrogen-bond donors (Lipinski definition) is 2. The highest BCUT2D eigenvalue weighted by molar-refractivity contribution is 6.33. The quantitative estimate of drug-likeness (QED) is 0.766. The van der Waals surface area contributed by atoms with Crippen molar-refractivity contribution in [2.45, 2.75) is 13.3 Å². The Balaban J connectivity index is 1.65. The Hall–Kier alpha value is -2.09. The van der Waals surface area contributed by atoms with Gasteiger partial charge in [0.15, 0.2) is 0 Å². The van der Waals surface area contributed by atoms with Crippen LogP contribution in [0.25, 0.3) is 0 Å². The van der Waals surface area contributed by atoms with Crippen LogP contribution in [0.1, 0.15) is 12.5 Å². The van der Waals surface area contributed by atoms with E-state index < -0.39 is 12.0 Å². The molecule has 2 aliphatic rings. The van der Waals surface area contributed by atoms with Crippen LogP contribution in [0.2, 0.25) is 5.02 Å². The number of carbonyl (C=O) groups is 2. The first-order valence-electron chi connectivity index (χ1n) is 8.62. The third-order valence-electron chi connectivity index (χ3n) is 4.40. The number of benzene rings is 1. The van der Waals surface area contributed by atoms with Crippen molar-refractivity contribution in [3.63, 3.8) is 0 Å². The van der Waals surface area contributed by atoms with Crippen molar-refractivity contribution in [1.29, 1.82) is 0 Å². The molecule has 1 fully saturated rings. The summed E-state index contributed by atoms with van der Waals surface area (Å²) in [5.41, 5.74) is 2.57. The first kappa shape index (κ1) is 18.7. The van der Waals surface area contributed by atoms with Crippen molar-refractivity contribution in [3.05, 3.63) is 40.1 Å². The molecule has 0 aliphatic carbocycles. The van der Waals surface area contributed by atoms with E-state index in [2.05, 4.69) is 15.5 Å². The summed E-state index contributed by atoms with van der Waals surface area (Å²) in [4.78, 5) is 26.4. The lowest BCUT2D eigenvalue weighted by atomic mass is 10.1. The van der Waals surface area contributed by atoms with Gasteiger partial charge in [-0.15, -0.1) is 0 Å². The molecule has 2 heterocycles. The van der Waals surface area contributed by atoms with Crippen molar-refractivity contribution in [2.24, 2.45) is 0 Å². The van der Waals surface area contributed by atoms with E-state index in [1.807, 2.05) is 19.1 Å². The Morgan fingerprint density at radius 2 is 2.04 bits per heavy atom. The van der Waals surface area contributed by atoms with E-state index in [0.717, 1.165) is 25.1 Å². The van der Waals surface area contributed by atoms with Gasteiger partial charge in [0.2, 0.25) is 0 Å². The zero-order valence-electron chi connectivity index (χ0n) is 14.6. The summed E-state index contributed by atoms with van der Waals surface area (Å²) >= 11 is 6.20. The molecule has 7 nitrogen and oxygen atoms in total. The maximum absolute atomic E-state index is 12.3. The van der Waals surface area contributed by atoms with E-state index >= 15 is 0 Å². The first-order chi connectivity index (χ1) is 12.6. The number of hydrogen-bond acceptors (Lipinski definition) is 5.